The van der Waals surface area contributed by atoms with Gasteiger partial charge in [0.15, 0.2) is 0 Å². The van der Waals surface area contributed by atoms with Crippen molar-refractivity contribution < 1.29 is 9.47 Å². The number of aromatic nitrogens is 2. The van der Waals surface area contributed by atoms with Crippen LogP contribution in [0.3, 0.4) is 0 Å². The topological polar surface area (TPSA) is 59.5 Å². The Morgan fingerprint density at radius 3 is 2.16 bits per heavy atom. The van der Waals surface area contributed by atoms with Gasteiger partial charge in [0.05, 0.1) is 13.2 Å². The van der Waals surface area contributed by atoms with Gasteiger partial charge in [-0.2, -0.15) is 0 Å². The number of anilines is 1. The molecule has 108 valence electrons. The molecule has 0 aliphatic carbocycles. The lowest BCUT2D eigenvalue weighted by molar-refractivity contribution is 0.189. The van der Waals surface area contributed by atoms with Crippen LogP contribution in [0.2, 0.25) is 0 Å². The molecule has 0 aliphatic heterocycles. The Balaban J connectivity index is 2.61. The van der Waals surface area contributed by atoms with E-state index < -0.39 is 0 Å². The number of nitrogens with zero attached hydrogens (tertiary/aromatic N) is 3. The van der Waals surface area contributed by atoms with Crippen LogP contribution in [-0.4, -0.2) is 57.0 Å². The van der Waals surface area contributed by atoms with E-state index in [1.165, 1.54) is 0 Å². The molecule has 0 saturated heterocycles. The third kappa shape index (κ3) is 5.96. The zero-order chi connectivity index (χ0) is 13.9. The summed E-state index contributed by atoms with van der Waals surface area (Å²) in [5.41, 5.74) is 1.09. The highest BCUT2D eigenvalue weighted by Crippen LogP contribution is 2.07. The molecule has 0 atom stereocenters. The molecule has 19 heavy (non-hydrogen) atoms. The van der Waals surface area contributed by atoms with Crippen molar-refractivity contribution in [2.24, 2.45) is 0 Å². The van der Waals surface area contributed by atoms with Gasteiger partial charge in [-0.05, 0) is 6.54 Å². The number of rotatable bonds is 10. The second-order valence-corrected chi connectivity index (χ2v) is 4.14. The smallest absolute Gasteiger partial charge is 0.225 e. The molecule has 0 unspecified atom stereocenters. The second-order valence-electron chi connectivity index (χ2n) is 4.14. The molecule has 1 rings (SSSR count). The van der Waals surface area contributed by atoms with Crippen molar-refractivity contribution in [1.82, 2.24) is 15.3 Å². The van der Waals surface area contributed by atoms with Gasteiger partial charge in [0.1, 0.15) is 0 Å². The van der Waals surface area contributed by atoms with E-state index >= 15 is 0 Å². The van der Waals surface area contributed by atoms with Gasteiger partial charge in [-0.1, -0.05) is 6.92 Å². The summed E-state index contributed by atoms with van der Waals surface area (Å²) in [5, 5.41) is 3.25. The molecule has 6 heteroatoms. The summed E-state index contributed by atoms with van der Waals surface area (Å²) in [5.74, 6) is 0.717. The fraction of sp³-hybridized carbons (Fsp3) is 0.692. The molecule has 0 aromatic carbocycles. The van der Waals surface area contributed by atoms with Crippen molar-refractivity contribution >= 4 is 5.95 Å². The van der Waals surface area contributed by atoms with Crippen LogP contribution in [0.5, 0.6) is 0 Å². The maximum Gasteiger partial charge on any atom is 0.225 e. The first-order chi connectivity index (χ1) is 9.31. The predicted octanol–water partition coefficient (Wildman–Crippen LogP) is 0.685. The summed E-state index contributed by atoms with van der Waals surface area (Å²) in [7, 11) is 3.38. The minimum absolute atomic E-state index is 0.645. The standard InChI is InChI=1S/C13H24N4O2/c1-4-14-9-12-10-15-13(16-11-12)17(5-7-18-2)6-8-19-3/h10-11,14H,4-9H2,1-3H3. The maximum absolute atomic E-state index is 5.10. The molecule has 1 aromatic heterocycles. The van der Waals surface area contributed by atoms with Crippen LogP contribution in [0.25, 0.3) is 0 Å². The van der Waals surface area contributed by atoms with Crippen molar-refractivity contribution in [3.8, 4) is 0 Å². The van der Waals surface area contributed by atoms with E-state index in [-0.39, 0.29) is 0 Å². The van der Waals surface area contributed by atoms with Crippen LogP contribution in [0.4, 0.5) is 5.95 Å². The summed E-state index contributed by atoms with van der Waals surface area (Å²) in [4.78, 5) is 10.9. The number of hydrogen-bond donors (Lipinski definition) is 1. The summed E-state index contributed by atoms with van der Waals surface area (Å²) >= 11 is 0. The molecule has 1 heterocycles. The largest absolute Gasteiger partial charge is 0.383 e. The van der Waals surface area contributed by atoms with E-state index in [2.05, 4.69) is 27.1 Å². The highest BCUT2D eigenvalue weighted by Gasteiger charge is 2.08. The molecule has 0 bridgehead atoms. The van der Waals surface area contributed by atoms with Crippen LogP contribution in [0.1, 0.15) is 12.5 Å². The lowest BCUT2D eigenvalue weighted by atomic mass is 10.3. The zero-order valence-corrected chi connectivity index (χ0v) is 12.1. The minimum atomic E-state index is 0.645. The lowest BCUT2D eigenvalue weighted by Crippen LogP contribution is -2.32. The zero-order valence-electron chi connectivity index (χ0n) is 12.1. The fourth-order valence-corrected chi connectivity index (χ4v) is 1.59. The van der Waals surface area contributed by atoms with Crippen LogP contribution in [0.15, 0.2) is 12.4 Å². The lowest BCUT2D eigenvalue weighted by Gasteiger charge is -2.21. The Hall–Kier alpha value is -1.24. The normalized spacial score (nSPS) is 10.7. The van der Waals surface area contributed by atoms with Crippen LogP contribution < -0.4 is 10.2 Å². The van der Waals surface area contributed by atoms with Crippen LogP contribution >= 0.6 is 0 Å². The second kappa shape index (κ2) is 9.66. The SMILES string of the molecule is CCNCc1cnc(N(CCOC)CCOC)nc1. The first-order valence-electron chi connectivity index (χ1n) is 6.56. The summed E-state index contributed by atoms with van der Waals surface area (Å²) in [6.07, 6.45) is 3.72. The van der Waals surface area contributed by atoms with E-state index in [1.54, 1.807) is 14.2 Å². The third-order valence-corrected chi connectivity index (χ3v) is 2.68. The molecule has 0 saturated carbocycles. The van der Waals surface area contributed by atoms with Crippen LogP contribution in [0, 0.1) is 0 Å². The first kappa shape index (κ1) is 15.8. The van der Waals surface area contributed by atoms with Gasteiger partial charge in [-0.15, -0.1) is 0 Å². The average molecular weight is 268 g/mol. The Kier molecular flexibility index (Phi) is 8.04. The molecule has 1 N–H and O–H groups in total. The average Bonchev–Trinajstić information content (AvgIpc) is 2.46. The van der Waals surface area contributed by atoms with E-state index in [1.807, 2.05) is 12.4 Å². The molecule has 0 spiro atoms. The van der Waals surface area contributed by atoms with Gasteiger partial charge in [0.2, 0.25) is 5.95 Å². The van der Waals surface area contributed by atoms with Crippen molar-refractivity contribution in [1.29, 1.82) is 0 Å². The van der Waals surface area contributed by atoms with Crippen molar-refractivity contribution in [3.63, 3.8) is 0 Å². The van der Waals surface area contributed by atoms with Gasteiger partial charge < -0.3 is 19.7 Å². The summed E-state index contributed by atoms with van der Waals surface area (Å²) < 4.78 is 10.2. The van der Waals surface area contributed by atoms with E-state index in [0.717, 1.165) is 31.7 Å². The monoisotopic (exact) mass is 268 g/mol. The maximum atomic E-state index is 5.10. The molecule has 0 radical (unpaired) electrons. The van der Waals surface area contributed by atoms with Crippen molar-refractivity contribution in [2.45, 2.75) is 13.5 Å². The third-order valence-electron chi connectivity index (χ3n) is 2.68. The minimum Gasteiger partial charge on any atom is -0.383 e. The van der Waals surface area contributed by atoms with Crippen molar-refractivity contribution in [2.75, 3.05) is 52.0 Å². The Bertz CT molecular complexity index is 324. The number of nitrogens with one attached hydrogen (secondary N) is 1. The van der Waals surface area contributed by atoms with Crippen molar-refractivity contribution in [3.05, 3.63) is 18.0 Å². The van der Waals surface area contributed by atoms with E-state index in [4.69, 9.17) is 9.47 Å². The molecule has 0 fully saturated rings. The van der Waals surface area contributed by atoms with E-state index in [9.17, 15) is 0 Å². The van der Waals surface area contributed by atoms with Gasteiger partial charge in [-0.3, -0.25) is 0 Å². The number of methoxy groups -OCH3 is 2. The number of ether oxygens (including phenoxy) is 2. The molecule has 1 aromatic rings. The Morgan fingerprint density at radius 1 is 1.11 bits per heavy atom. The molecule has 6 nitrogen and oxygen atoms in total. The summed E-state index contributed by atoms with van der Waals surface area (Å²) in [6.45, 7) is 6.62. The Labute approximate surface area is 115 Å². The fourth-order valence-electron chi connectivity index (χ4n) is 1.59. The van der Waals surface area contributed by atoms with Gasteiger partial charge in [0.25, 0.3) is 0 Å². The molecule has 0 amide bonds. The molecule has 0 aliphatic rings. The first-order valence-corrected chi connectivity index (χ1v) is 6.56. The van der Waals surface area contributed by atoms with Gasteiger partial charge >= 0.3 is 0 Å². The Morgan fingerprint density at radius 2 is 1.68 bits per heavy atom. The predicted molar refractivity (Wildman–Crippen MR) is 75.4 cm³/mol. The quantitative estimate of drug-likeness (QED) is 0.673. The van der Waals surface area contributed by atoms with Gasteiger partial charge in [0, 0.05) is 51.8 Å². The van der Waals surface area contributed by atoms with Crippen LogP contribution in [-0.2, 0) is 16.0 Å². The highest BCUT2D eigenvalue weighted by molar-refractivity contribution is 5.29. The molecular weight excluding hydrogens is 244 g/mol. The number of hydrogen-bond acceptors (Lipinski definition) is 6. The van der Waals surface area contributed by atoms with Gasteiger partial charge in [-0.25, -0.2) is 9.97 Å². The molecular formula is C13H24N4O2. The highest BCUT2D eigenvalue weighted by atomic mass is 16.5. The summed E-state index contributed by atoms with van der Waals surface area (Å²) in [6, 6.07) is 0. The van der Waals surface area contributed by atoms with E-state index in [0.29, 0.717) is 19.2 Å².